The van der Waals surface area contributed by atoms with Crippen molar-refractivity contribution in [2.75, 3.05) is 27.8 Å². The quantitative estimate of drug-likeness (QED) is 0.205. The Hall–Kier alpha value is -2.57. The van der Waals surface area contributed by atoms with E-state index in [2.05, 4.69) is 43.1 Å². The molecule has 6 nitrogen and oxygen atoms in total. The molecule has 0 heterocycles. The summed E-state index contributed by atoms with van der Waals surface area (Å²) < 4.78 is 23.2. The Balaban J connectivity index is 1.99. The molecule has 188 valence electrons. The zero-order valence-electron chi connectivity index (χ0n) is 21.2. The normalized spacial score (nSPS) is 22.8. The molecule has 0 radical (unpaired) electrons. The van der Waals surface area contributed by atoms with Crippen molar-refractivity contribution in [2.24, 2.45) is 5.92 Å². The standard InChI is InChI=1S/C28H41NO5/c1-6-8-12-23(33-24-13-9-11-21(10-7-2)18-26(24)31-4)15-17-28(30)34-25-16-14-22(20-29-3)19-27(25)32-5/h7,9,11-12,16,18-19,22,24,26,29H,2,6,8,10,13-15,17,20H2,1,3-5H3/b23-12+. The highest BCUT2D eigenvalue weighted by Gasteiger charge is 2.24. The van der Waals surface area contributed by atoms with Gasteiger partial charge in [-0.25, -0.2) is 0 Å². The van der Waals surface area contributed by atoms with Crippen LogP contribution in [0, 0.1) is 5.92 Å². The van der Waals surface area contributed by atoms with Crippen LogP contribution in [0.2, 0.25) is 0 Å². The summed E-state index contributed by atoms with van der Waals surface area (Å²) in [7, 11) is 5.21. The van der Waals surface area contributed by atoms with E-state index in [1.807, 2.05) is 25.3 Å². The van der Waals surface area contributed by atoms with Crippen LogP contribution in [0.5, 0.6) is 0 Å². The van der Waals surface area contributed by atoms with Gasteiger partial charge in [-0.15, -0.1) is 6.58 Å². The minimum atomic E-state index is -0.301. The molecule has 0 aromatic carbocycles. The minimum Gasteiger partial charge on any atom is -0.493 e. The van der Waals surface area contributed by atoms with Crippen molar-refractivity contribution in [3.8, 4) is 0 Å². The van der Waals surface area contributed by atoms with E-state index in [0.717, 1.165) is 50.0 Å². The monoisotopic (exact) mass is 471 g/mol. The predicted octanol–water partition coefficient (Wildman–Crippen LogP) is 5.51. The summed E-state index contributed by atoms with van der Waals surface area (Å²) in [6, 6.07) is 0. The summed E-state index contributed by atoms with van der Waals surface area (Å²) >= 11 is 0. The number of methoxy groups -OCH3 is 2. The highest BCUT2D eigenvalue weighted by Crippen LogP contribution is 2.26. The molecule has 0 aliphatic heterocycles. The first kappa shape index (κ1) is 27.7. The largest absolute Gasteiger partial charge is 0.493 e. The highest BCUT2D eigenvalue weighted by atomic mass is 16.6. The number of unbranched alkanes of at least 4 members (excludes halogenated alkanes) is 1. The van der Waals surface area contributed by atoms with Gasteiger partial charge in [0.1, 0.15) is 12.2 Å². The molecule has 6 heteroatoms. The minimum absolute atomic E-state index is 0.157. The fourth-order valence-corrected chi connectivity index (χ4v) is 4.00. The first-order valence-corrected chi connectivity index (χ1v) is 12.2. The van der Waals surface area contributed by atoms with Crippen molar-refractivity contribution < 1.29 is 23.7 Å². The molecule has 0 bridgehead atoms. The summed E-state index contributed by atoms with van der Waals surface area (Å²) in [4.78, 5) is 12.6. The maximum Gasteiger partial charge on any atom is 0.311 e. The Morgan fingerprint density at radius 1 is 1.21 bits per heavy atom. The van der Waals surface area contributed by atoms with Crippen LogP contribution in [0.25, 0.3) is 0 Å². The molecule has 2 aliphatic rings. The van der Waals surface area contributed by atoms with Crippen molar-refractivity contribution in [1.29, 1.82) is 0 Å². The van der Waals surface area contributed by atoms with E-state index >= 15 is 0 Å². The lowest BCUT2D eigenvalue weighted by Crippen LogP contribution is -2.28. The van der Waals surface area contributed by atoms with Crippen LogP contribution < -0.4 is 5.32 Å². The van der Waals surface area contributed by atoms with Gasteiger partial charge in [-0.05, 0) is 62.1 Å². The lowest BCUT2D eigenvalue weighted by Gasteiger charge is -2.25. The zero-order valence-corrected chi connectivity index (χ0v) is 21.2. The second kappa shape index (κ2) is 15.4. The third-order valence-corrected chi connectivity index (χ3v) is 5.78. The van der Waals surface area contributed by atoms with E-state index < -0.39 is 0 Å². The van der Waals surface area contributed by atoms with Crippen LogP contribution in [-0.2, 0) is 23.7 Å². The van der Waals surface area contributed by atoms with Gasteiger partial charge in [-0.1, -0.05) is 31.6 Å². The number of nitrogens with one attached hydrogen (secondary N) is 1. The zero-order chi connectivity index (χ0) is 24.8. The Morgan fingerprint density at radius 3 is 2.71 bits per heavy atom. The van der Waals surface area contributed by atoms with Gasteiger partial charge in [0.2, 0.25) is 0 Å². The number of carbonyl (C=O) groups is 1. The molecule has 0 saturated heterocycles. The Morgan fingerprint density at radius 2 is 2.03 bits per heavy atom. The number of carbonyl (C=O) groups excluding carboxylic acids is 1. The topological polar surface area (TPSA) is 66.0 Å². The molecule has 0 fully saturated rings. The van der Waals surface area contributed by atoms with Crippen LogP contribution in [-0.4, -0.2) is 46.0 Å². The Bertz CT molecular complexity index is 821. The molecule has 0 spiro atoms. The maximum absolute atomic E-state index is 12.6. The second-order valence-corrected chi connectivity index (χ2v) is 8.52. The number of hydrogen-bond donors (Lipinski definition) is 1. The van der Waals surface area contributed by atoms with Gasteiger partial charge in [0.15, 0.2) is 11.5 Å². The van der Waals surface area contributed by atoms with E-state index in [0.29, 0.717) is 23.9 Å². The third kappa shape index (κ3) is 8.99. The third-order valence-electron chi connectivity index (χ3n) is 5.78. The van der Waals surface area contributed by atoms with Gasteiger partial charge >= 0.3 is 5.97 Å². The highest BCUT2D eigenvalue weighted by molar-refractivity contribution is 5.71. The maximum atomic E-state index is 12.6. The molecule has 0 aromatic rings. The summed E-state index contributed by atoms with van der Waals surface area (Å²) in [5.41, 5.74) is 1.16. The fourth-order valence-electron chi connectivity index (χ4n) is 4.00. The molecule has 0 amide bonds. The molecule has 0 saturated carbocycles. The van der Waals surface area contributed by atoms with Gasteiger partial charge < -0.3 is 24.3 Å². The molecular weight excluding hydrogens is 430 g/mol. The molecular formula is C28H41NO5. The van der Waals surface area contributed by atoms with Crippen molar-refractivity contribution >= 4 is 5.97 Å². The number of esters is 1. The van der Waals surface area contributed by atoms with Crippen LogP contribution >= 0.6 is 0 Å². The number of allylic oxidation sites excluding steroid dienone is 6. The molecule has 1 N–H and O–H groups in total. The van der Waals surface area contributed by atoms with Crippen molar-refractivity contribution in [1.82, 2.24) is 5.32 Å². The first-order chi connectivity index (χ1) is 16.5. The average Bonchev–Trinajstić information content (AvgIpc) is 3.03. The predicted molar refractivity (Wildman–Crippen MR) is 136 cm³/mol. The van der Waals surface area contributed by atoms with E-state index in [4.69, 9.17) is 18.9 Å². The summed E-state index contributed by atoms with van der Waals surface area (Å²) in [5, 5.41) is 3.16. The van der Waals surface area contributed by atoms with Crippen LogP contribution in [0.1, 0.15) is 51.9 Å². The Kier molecular flexibility index (Phi) is 12.5. The van der Waals surface area contributed by atoms with Crippen molar-refractivity contribution in [2.45, 2.75) is 64.1 Å². The number of rotatable bonds is 14. The first-order valence-electron chi connectivity index (χ1n) is 12.2. The smallest absolute Gasteiger partial charge is 0.311 e. The molecule has 3 atom stereocenters. The molecule has 0 aromatic heterocycles. The molecule has 2 rings (SSSR count). The number of ether oxygens (including phenoxy) is 4. The van der Waals surface area contributed by atoms with Gasteiger partial charge in [0, 0.05) is 26.5 Å². The van der Waals surface area contributed by atoms with Gasteiger partial charge in [-0.2, -0.15) is 0 Å². The molecule has 3 unspecified atom stereocenters. The van der Waals surface area contributed by atoms with E-state index in [1.54, 1.807) is 14.2 Å². The van der Waals surface area contributed by atoms with Crippen molar-refractivity contribution in [3.05, 3.63) is 72.0 Å². The summed E-state index contributed by atoms with van der Waals surface area (Å²) in [6.07, 6.45) is 18.8. The SMILES string of the molecule is C=CCC1=CC(OC)C(O/C(=C/CCC)CCC(=O)OC2=CCC(CNC)C=C2OC)CC=C1. The van der Waals surface area contributed by atoms with Gasteiger partial charge in [0.05, 0.1) is 19.3 Å². The molecule has 2 aliphatic carbocycles. The Labute approximate surface area is 205 Å². The van der Waals surface area contributed by atoms with Crippen LogP contribution in [0.15, 0.2) is 72.0 Å². The van der Waals surface area contributed by atoms with Gasteiger partial charge in [-0.3, -0.25) is 4.79 Å². The fraction of sp³-hybridized carbons (Fsp3) is 0.536. The average molecular weight is 472 g/mol. The molecule has 34 heavy (non-hydrogen) atoms. The van der Waals surface area contributed by atoms with Gasteiger partial charge in [0.25, 0.3) is 0 Å². The van der Waals surface area contributed by atoms with Crippen LogP contribution in [0.4, 0.5) is 0 Å². The summed E-state index contributed by atoms with van der Waals surface area (Å²) in [5.74, 6) is 1.92. The van der Waals surface area contributed by atoms with Crippen LogP contribution in [0.3, 0.4) is 0 Å². The van der Waals surface area contributed by atoms with E-state index in [1.165, 1.54) is 0 Å². The summed E-state index contributed by atoms with van der Waals surface area (Å²) in [6.45, 7) is 6.79. The lowest BCUT2D eigenvalue weighted by molar-refractivity contribution is -0.139. The van der Waals surface area contributed by atoms with Crippen molar-refractivity contribution in [3.63, 3.8) is 0 Å². The number of hydrogen-bond acceptors (Lipinski definition) is 6. The van der Waals surface area contributed by atoms with E-state index in [-0.39, 0.29) is 24.6 Å². The van der Waals surface area contributed by atoms with E-state index in [9.17, 15) is 4.79 Å². The second-order valence-electron chi connectivity index (χ2n) is 8.52. The lowest BCUT2D eigenvalue weighted by atomic mass is 9.99.